The minimum Gasteiger partial charge on any atom is -0.481 e. The van der Waals surface area contributed by atoms with Crippen LogP contribution < -0.4 is 10.1 Å². The zero-order valence-electron chi connectivity index (χ0n) is 17.4. The second-order valence-electron chi connectivity index (χ2n) is 8.19. The lowest BCUT2D eigenvalue weighted by molar-refractivity contribution is 0.0975. The van der Waals surface area contributed by atoms with Crippen molar-refractivity contribution >= 4 is 16.7 Å². The molecule has 2 aliphatic rings. The van der Waals surface area contributed by atoms with Crippen LogP contribution in [0.25, 0.3) is 11.0 Å². The Kier molecular flexibility index (Phi) is 5.97. The number of nitrogens with one attached hydrogen (secondary N) is 1. The van der Waals surface area contributed by atoms with E-state index in [0.717, 1.165) is 54.7 Å². The van der Waals surface area contributed by atoms with Gasteiger partial charge >= 0.3 is 0 Å². The van der Waals surface area contributed by atoms with Gasteiger partial charge in [-0.05, 0) is 70.7 Å². The van der Waals surface area contributed by atoms with E-state index in [9.17, 15) is 0 Å². The van der Waals surface area contributed by atoms with Crippen LogP contribution >= 0.6 is 0 Å². The van der Waals surface area contributed by atoms with Crippen molar-refractivity contribution in [3.63, 3.8) is 0 Å². The van der Waals surface area contributed by atoms with Crippen LogP contribution in [0.3, 0.4) is 0 Å². The number of hydrogen-bond donors (Lipinski definition) is 1. The lowest BCUT2D eigenvalue weighted by Gasteiger charge is -2.18. The van der Waals surface area contributed by atoms with Crippen LogP contribution in [-0.2, 0) is 24.2 Å². The van der Waals surface area contributed by atoms with Crippen LogP contribution in [0, 0.1) is 0 Å². The number of fused-ring (bicyclic) bond motifs is 2. The van der Waals surface area contributed by atoms with Gasteiger partial charge in [-0.15, -0.1) is 0 Å². The second kappa shape index (κ2) is 8.62. The van der Waals surface area contributed by atoms with Gasteiger partial charge in [0, 0.05) is 23.8 Å². The molecule has 2 aromatic heterocycles. The van der Waals surface area contributed by atoms with Gasteiger partial charge in [0.2, 0.25) is 5.88 Å². The molecule has 1 fully saturated rings. The van der Waals surface area contributed by atoms with Crippen molar-refractivity contribution < 1.29 is 9.47 Å². The highest BCUT2D eigenvalue weighted by Gasteiger charge is 2.22. The molecule has 0 aromatic carbocycles. The molecule has 0 radical (unpaired) electrons. The molecule has 0 atom stereocenters. The number of aryl methyl sites for hydroxylation is 1. The van der Waals surface area contributed by atoms with Gasteiger partial charge in [0.15, 0.2) is 0 Å². The van der Waals surface area contributed by atoms with Gasteiger partial charge in [-0.3, -0.25) is 4.98 Å². The molecule has 1 N–H and O–H groups in total. The Bertz CT molecular complexity index is 831. The monoisotopic (exact) mass is 384 g/mol. The van der Waals surface area contributed by atoms with Crippen LogP contribution in [-0.4, -0.2) is 54.3 Å². The molecule has 4 rings (SSSR count). The number of aromatic nitrogens is 2. The van der Waals surface area contributed by atoms with E-state index in [4.69, 9.17) is 19.4 Å². The standard InChI is InChI=1S/C22H32N4O2/c1-15(2)23-20-17-7-6-8-18(17)24-19-13-16(22(27-3)25-21(19)20)14-28-12-11-26-9-4-5-10-26/h13,15H,4-12,14H2,1-3H3,(H,23,24). The number of methoxy groups -OCH3 is 1. The van der Waals surface area contributed by atoms with E-state index >= 15 is 0 Å². The SMILES string of the molecule is COc1nc2c(NC(C)C)c3c(nc2cc1COCCN1CCCC1)CCC3. The quantitative estimate of drug-likeness (QED) is 0.702. The highest BCUT2D eigenvalue weighted by molar-refractivity contribution is 5.91. The smallest absolute Gasteiger partial charge is 0.219 e. The molecular weight excluding hydrogens is 352 g/mol. The van der Waals surface area contributed by atoms with Crippen LogP contribution in [0.15, 0.2) is 6.07 Å². The van der Waals surface area contributed by atoms with E-state index in [2.05, 4.69) is 30.1 Å². The van der Waals surface area contributed by atoms with E-state index in [0.29, 0.717) is 18.5 Å². The number of nitrogens with zero attached hydrogens (tertiary/aromatic N) is 3. The first-order valence-corrected chi connectivity index (χ1v) is 10.6. The van der Waals surface area contributed by atoms with Crippen molar-refractivity contribution in [2.24, 2.45) is 0 Å². The predicted octanol–water partition coefficient (Wildman–Crippen LogP) is 3.56. The summed E-state index contributed by atoms with van der Waals surface area (Å²) in [6, 6.07) is 2.44. The average molecular weight is 385 g/mol. The van der Waals surface area contributed by atoms with Crippen LogP contribution in [0.4, 0.5) is 5.69 Å². The fourth-order valence-corrected chi connectivity index (χ4v) is 4.31. The van der Waals surface area contributed by atoms with E-state index in [1.165, 1.54) is 37.2 Å². The lowest BCUT2D eigenvalue weighted by atomic mass is 10.1. The fourth-order valence-electron chi connectivity index (χ4n) is 4.31. The molecule has 0 bridgehead atoms. The Morgan fingerprint density at radius 3 is 2.71 bits per heavy atom. The number of ether oxygens (including phenoxy) is 2. The summed E-state index contributed by atoms with van der Waals surface area (Å²) < 4.78 is 11.6. The van der Waals surface area contributed by atoms with Crippen molar-refractivity contribution in [2.75, 3.05) is 38.7 Å². The predicted molar refractivity (Wildman–Crippen MR) is 112 cm³/mol. The van der Waals surface area contributed by atoms with E-state index in [1.807, 2.05) is 0 Å². The first-order chi connectivity index (χ1) is 13.7. The first kappa shape index (κ1) is 19.4. The van der Waals surface area contributed by atoms with Crippen molar-refractivity contribution in [1.82, 2.24) is 14.9 Å². The van der Waals surface area contributed by atoms with Crippen LogP contribution in [0.5, 0.6) is 5.88 Å². The molecule has 0 spiro atoms. The Hall–Kier alpha value is -1.92. The minimum absolute atomic E-state index is 0.344. The van der Waals surface area contributed by atoms with Crippen molar-refractivity contribution in [1.29, 1.82) is 0 Å². The molecule has 1 aliphatic heterocycles. The number of hydrogen-bond acceptors (Lipinski definition) is 6. The third kappa shape index (κ3) is 4.08. The Balaban J connectivity index is 1.58. The maximum absolute atomic E-state index is 5.96. The molecule has 2 aromatic rings. The summed E-state index contributed by atoms with van der Waals surface area (Å²) in [6.45, 7) is 8.96. The maximum Gasteiger partial charge on any atom is 0.219 e. The Morgan fingerprint density at radius 2 is 1.96 bits per heavy atom. The van der Waals surface area contributed by atoms with E-state index in [1.54, 1.807) is 7.11 Å². The highest BCUT2D eigenvalue weighted by Crippen LogP contribution is 2.35. The molecule has 1 saturated heterocycles. The molecule has 0 saturated carbocycles. The summed E-state index contributed by atoms with van der Waals surface area (Å²) in [4.78, 5) is 12.2. The fraction of sp³-hybridized carbons (Fsp3) is 0.636. The third-order valence-electron chi connectivity index (χ3n) is 5.66. The zero-order chi connectivity index (χ0) is 19.5. The van der Waals surface area contributed by atoms with E-state index < -0.39 is 0 Å². The number of anilines is 1. The molecule has 6 heteroatoms. The summed E-state index contributed by atoms with van der Waals surface area (Å²) >= 11 is 0. The minimum atomic E-state index is 0.344. The number of rotatable bonds is 8. The Morgan fingerprint density at radius 1 is 1.14 bits per heavy atom. The summed E-state index contributed by atoms with van der Waals surface area (Å²) in [5.74, 6) is 0.639. The van der Waals surface area contributed by atoms with Gasteiger partial charge in [-0.2, -0.15) is 0 Å². The van der Waals surface area contributed by atoms with Gasteiger partial charge < -0.3 is 19.7 Å². The van der Waals surface area contributed by atoms with E-state index in [-0.39, 0.29) is 0 Å². The van der Waals surface area contributed by atoms with Gasteiger partial charge in [0.25, 0.3) is 0 Å². The van der Waals surface area contributed by atoms with Gasteiger partial charge in [-0.25, -0.2) is 4.98 Å². The number of pyridine rings is 2. The second-order valence-corrected chi connectivity index (χ2v) is 8.19. The Labute approximate surface area is 167 Å². The lowest BCUT2D eigenvalue weighted by Crippen LogP contribution is -2.24. The average Bonchev–Trinajstić information content (AvgIpc) is 3.35. The molecule has 0 amide bonds. The summed E-state index contributed by atoms with van der Waals surface area (Å²) in [6.07, 6.45) is 5.90. The molecule has 1 aliphatic carbocycles. The largest absolute Gasteiger partial charge is 0.481 e. The summed E-state index contributed by atoms with van der Waals surface area (Å²) in [5, 5.41) is 3.61. The molecule has 152 valence electrons. The molecular formula is C22H32N4O2. The van der Waals surface area contributed by atoms with Gasteiger partial charge in [-0.1, -0.05) is 0 Å². The van der Waals surface area contributed by atoms with Crippen LogP contribution in [0.1, 0.15) is 49.9 Å². The summed E-state index contributed by atoms with van der Waals surface area (Å²) in [5.41, 5.74) is 6.48. The van der Waals surface area contributed by atoms with Gasteiger partial charge in [0.05, 0.1) is 31.5 Å². The first-order valence-electron chi connectivity index (χ1n) is 10.6. The summed E-state index contributed by atoms with van der Waals surface area (Å²) in [7, 11) is 1.68. The molecule has 28 heavy (non-hydrogen) atoms. The zero-order valence-corrected chi connectivity index (χ0v) is 17.4. The maximum atomic E-state index is 5.96. The van der Waals surface area contributed by atoms with Crippen molar-refractivity contribution in [2.45, 2.75) is 58.6 Å². The molecule has 6 nitrogen and oxygen atoms in total. The highest BCUT2D eigenvalue weighted by atomic mass is 16.5. The normalized spacial score (nSPS) is 16.9. The van der Waals surface area contributed by atoms with Crippen molar-refractivity contribution in [3.8, 4) is 5.88 Å². The third-order valence-corrected chi connectivity index (χ3v) is 5.66. The topological polar surface area (TPSA) is 59.5 Å². The molecule has 0 unspecified atom stereocenters. The van der Waals surface area contributed by atoms with Crippen LogP contribution in [0.2, 0.25) is 0 Å². The number of likely N-dealkylation sites (tertiary alicyclic amines) is 1. The van der Waals surface area contributed by atoms with Crippen molar-refractivity contribution in [3.05, 3.63) is 22.9 Å². The molecule has 3 heterocycles. The van der Waals surface area contributed by atoms with Gasteiger partial charge in [0.1, 0.15) is 5.52 Å².